The topological polar surface area (TPSA) is 67.9 Å². The number of carbonyl (C=O) groups is 2. The zero-order valence-electron chi connectivity index (χ0n) is 12.8. The summed E-state index contributed by atoms with van der Waals surface area (Å²) in [6, 6.07) is -0.656. The second-order valence-electron chi connectivity index (χ2n) is 5.33. The third-order valence-electron chi connectivity index (χ3n) is 2.46. The van der Waals surface area contributed by atoms with E-state index < -0.39 is 23.7 Å². The number of esters is 1. The van der Waals surface area contributed by atoms with Gasteiger partial charge in [-0.05, 0) is 47.7 Å². The van der Waals surface area contributed by atoms with Gasteiger partial charge in [-0.15, -0.1) is 0 Å². The maximum absolute atomic E-state index is 12.1. The average Bonchev–Trinajstić information content (AvgIpc) is 2.30. The fourth-order valence-corrected chi connectivity index (χ4v) is 1.49. The van der Waals surface area contributed by atoms with Crippen LogP contribution in [-0.4, -0.2) is 55.9 Å². The fraction of sp³-hybridized carbons (Fsp3) is 0.846. The molecular formula is C13H26N2O4. The molecule has 1 atom stereocenters. The maximum atomic E-state index is 12.1. The summed E-state index contributed by atoms with van der Waals surface area (Å²) in [5.74, 6) is -0.449. The van der Waals surface area contributed by atoms with Gasteiger partial charge in [0.15, 0.2) is 0 Å². The van der Waals surface area contributed by atoms with Crippen molar-refractivity contribution in [2.75, 3.05) is 27.2 Å². The summed E-state index contributed by atoms with van der Waals surface area (Å²) in [5.41, 5.74) is -0.589. The molecule has 0 saturated heterocycles. The molecule has 6 nitrogen and oxygen atoms in total. The van der Waals surface area contributed by atoms with Crippen molar-refractivity contribution in [2.45, 2.75) is 45.8 Å². The smallest absolute Gasteiger partial charge is 0.411 e. The van der Waals surface area contributed by atoms with Crippen molar-refractivity contribution >= 4 is 12.1 Å². The number of amides is 1. The Hall–Kier alpha value is -1.30. The zero-order valence-corrected chi connectivity index (χ0v) is 12.8. The van der Waals surface area contributed by atoms with Gasteiger partial charge in [0, 0.05) is 6.54 Å². The zero-order chi connectivity index (χ0) is 15.1. The summed E-state index contributed by atoms with van der Waals surface area (Å²) in [6.07, 6.45) is 0.235. The van der Waals surface area contributed by atoms with E-state index in [1.54, 1.807) is 27.7 Å². The minimum Gasteiger partial charge on any atom is -0.467 e. The number of ether oxygens (including phenoxy) is 2. The Morgan fingerprint density at radius 1 is 1.32 bits per heavy atom. The van der Waals surface area contributed by atoms with Crippen LogP contribution in [0.25, 0.3) is 0 Å². The van der Waals surface area contributed by atoms with Crippen LogP contribution in [-0.2, 0) is 14.3 Å². The van der Waals surface area contributed by atoms with Crippen molar-refractivity contribution in [3.8, 4) is 0 Å². The molecule has 0 spiro atoms. The lowest BCUT2D eigenvalue weighted by Crippen LogP contribution is -2.47. The summed E-state index contributed by atoms with van der Waals surface area (Å²) < 4.78 is 9.98. The molecule has 6 heteroatoms. The second kappa shape index (κ2) is 7.99. The highest BCUT2D eigenvalue weighted by Crippen LogP contribution is 2.13. The van der Waals surface area contributed by atoms with Crippen molar-refractivity contribution in [3.63, 3.8) is 0 Å². The van der Waals surface area contributed by atoms with E-state index in [4.69, 9.17) is 4.74 Å². The van der Waals surface area contributed by atoms with Crippen LogP contribution in [0.2, 0.25) is 0 Å². The van der Waals surface area contributed by atoms with Gasteiger partial charge in [0.1, 0.15) is 11.6 Å². The van der Waals surface area contributed by atoms with Gasteiger partial charge in [0.2, 0.25) is 0 Å². The van der Waals surface area contributed by atoms with Gasteiger partial charge in [-0.25, -0.2) is 9.59 Å². The molecule has 0 saturated carbocycles. The van der Waals surface area contributed by atoms with Gasteiger partial charge >= 0.3 is 12.1 Å². The van der Waals surface area contributed by atoms with Crippen LogP contribution < -0.4 is 5.32 Å². The minimum absolute atomic E-state index is 0.437. The molecule has 0 unspecified atom stereocenters. The van der Waals surface area contributed by atoms with E-state index >= 15 is 0 Å². The summed E-state index contributed by atoms with van der Waals surface area (Å²) in [7, 11) is 3.14. The first kappa shape index (κ1) is 17.7. The number of hydrogen-bond donors (Lipinski definition) is 1. The van der Waals surface area contributed by atoms with Crippen LogP contribution >= 0.6 is 0 Å². The van der Waals surface area contributed by atoms with Crippen molar-refractivity contribution in [1.82, 2.24) is 10.2 Å². The Bertz CT molecular complexity index is 300. The van der Waals surface area contributed by atoms with E-state index in [0.717, 1.165) is 13.0 Å². The Labute approximate surface area is 115 Å². The quantitative estimate of drug-likeness (QED) is 0.585. The molecular weight excluding hydrogens is 248 g/mol. The molecule has 0 aromatic carbocycles. The highest BCUT2D eigenvalue weighted by Gasteiger charge is 2.29. The molecule has 0 aromatic rings. The number of nitrogens with zero attached hydrogens (tertiary/aromatic N) is 1. The van der Waals surface area contributed by atoms with Crippen LogP contribution in [0.15, 0.2) is 0 Å². The van der Waals surface area contributed by atoms with Crippen LogP contribution in [0.4, 0.5) is 4.79 Å². The Balaban J connectivity index is 4.74. The maximum Gasteiger partial charge on any atom is 0.411 e. The third kappa shape index (κ3) is 7.00. The summed E-state index contributed by atoms with van der Waals surface area (Å²) in [6.45, 7) is 8.20. The first-order valence-corrected chi connectivity index (χ1v) is 6.45. The van der Waals surface area contributed by atoms with Gasteiger partial charge in [0.05, 0.1) is 7.11 Å². The minimum atomic E-state index is -0.656. The van der Waals surface area contributed by atoms with Crippen LogP contribution in [0, 0.1) is 0 Å². The molecule has 0 fully saturated rings. The van der Waals surface area contributed by atoms with Gasteiger partial charge in [0.25, 0.3) is 0 Å². The predicted octanol–water partition coefficient (Wildman–Crippen LogP) is 1.39. The van der Waals surface area contributed by atoms with Crippen molar-refractivity contribution < 1.29 is 19.1 Å². The Kier molecular flexibility index (Phi) is 7.44. The standard InChI is InChI=1S/C13H26N2O4/c1-10(11(16)18-6)15(9-7-8-14-5)12(17)19-13(2,3)4/h10,14H,7-9H2,1-6H3/t10-/m1/s1. The van der Waals surface area contributed by atoms with Gasteiger partial charge < -0.3 is 14.8 Å². The van der Waals surface area contributed by atoms with E-state index in [9.17, 15) is 9.59 Å². The number of methoxy groups -OCH3 is 1. The number of carbonyl (C=O) groups excluding carboxylic acids is 2. The third-order valence-corrected chi connectivity index (χ3v) is 2.46. The summed E-state index contributed by atoms with van der Waals surface area (Å²) >= 11 is 0. The van der Waals surface area contributed by atoms with Crippen LogP contribution in [0.5, 0.6) is 0 Å². The average molecular weight is 274 g/mol. The largest absolute Gasteiger partial charge is 0.467 e. The summed E-state index contributed by atoms with van der Waals surface area (Å²) in [5, 5.41) is 3.00. The van der Waals surface area contributed by atoms with E-state index in [1.807, 2.05) is 7.05 Å². The van der Waals surface area contributed by atoms with Crippen LogP contribution in [0.3, 0.4) is 0 Å². The van der Waals surface area contributed by atoms with Gasteiger partial charge in [-0.2, -0.15) is 0 Å². The van der Waals surface area contributed by atoms with E-state index in [1.165, 1.54) is 12.0 Å². The van der Waals surface area contributed by atoms with Crippen molar-refractivity contribution in [2.24, 2.45) is 0 Å². The molecule has 0 aliphatic rings. The van der Waals surface area contributed by atoms with Crippen LogP contribution in [0.1, 0.15) is 34.1 Å². The molecule has 1 amide bonds. The number of nitrogens with one attached hydrogen (secondary N) is 1. The lowest BCUT2D eigenvalue weighted by molar-refractivity contribution is -0.146. The molecule has 0 aliphatic heterocycles. The highest BCUT2D eigenvalue weighted by atomic mass is 16.6. The summed E-state index contributed by atoms with van der Waals surface area (Å²) in [4.78, 5) is 25.1. The Morgan fingerprint density at radius 2 is 1.89 bits per heavy atom. The molecule has 0 heterocycles. The fourth-order valence-electron chi connectivity index (χ4n) is 1.49. The normalized spacial score (nSPS) is 12.7. The number of hydrogen-bond acceptors (Lipinski definition) is 5. The van der Waals surface area contributed by atoms with Gasteiger partial charge in [-0.1, -0.05) is 0 Å². The second-order valence-corrected chi connectivity index (χ2v) is 5.33. The first-order valence-electron chi connectivity index (χ1n) is 6.45. The monoisotopic (exact) mass is 274 g/mol. The highest BCUT2D eigenvalue weighted by molar-refractivity contribution is 5.81. The molecule has 112 valence electrons. The first-order chi connectivity index (χ1) is 8.72. The molecule has 1 N–H and O–H groups in total. The van der Waals surface area contributed by atoms with E-state index in [0.29, 0.717) is 6.54 Å². The van der Waals surface area contributed by atoms with E-state index in [-0.39, 0.29) is 0 Å². The number of rotatable bonds is 6. The molecule has 0 rings (SSSR count). The SMILES string of the molecule is CNCCCN(C(=O)OC(C)(C)C)[C@H](C)C(=O)OC. The molecule has 0 bridgehead atoms. The van der Waals surface area contributed by atoms with Crippen molar-refractivity contribution in [3.05, 3.63) is 0 Å². The lowest BCUT2D eigenvalue weighted by Gasteiger charge is -2.30. The molecule has 0 aliphatic carbocycles. The predicted molar refractivity (Wildman–Crippen MR) is 73.0 cm³/mol. The Morgan fingerprint density at radius 3 is 2.32 bits per heavy atom. The van der Waals surface area contributed by atoms with Crippen molar-refractivity contribution in [1.29, 1.82) is 0 Å². The molecule has 19 heavy (non-hydrogen) atoms. The molecule has 0 radical (unpaired) electrons. The lowest BCUT2D eigenvalue weighted by atomic mass is 10.2. The molecule has 0 aromatic heterocycles. The van der Waals surface area contributed by atoms with E-state index in [2.05, 4.69) is 10.1 Å². The van der Waals surface area contributed by atoms with Gasteiger partial charge in [-0.3, -0.25) is 4.90 Å².